The predicted molar refractivity (Wildman–Crippen MR) is 83.8 cm³/mol. The molecule has 0 bridgehead atoms. The maximum Gasteiger partial charge on any atom is 0.234 e. The Balaban J connectivity index is 2.37. The normalized spacial score (nSPS) is 12.9. The lowest BCUT2D eigenvalue weighted by atomic mass is 10.2. The number of hydrogen-bond donors (Lipinski definition) is 2. The average Bonchev–Trinajstić information content (AvgIpc) is 2.38. The Morgan fingerprint density at radius 1 is 1.24 bits per heavy atom. The van der Waals surface area contributed by atoms with Gasteiger partial charge in [0, 0.05) is 18.8 Å². The summed E-state index contributed by atoms with van der Waals surface area (Å²) in [6, 6.07) is 6.85. The van der Waals surface area contributed by atoms with Gasteiger partial charge >= 0.3 is 0 Å². The van der Waals surface area contributed by atoms with Crippen LogP contribution in [0.15, 0.2) is 29.2 Å². The fourth-order valence-corrected chi connectivity index (χ4v) is 2.64. The SMILES string of the molecule is CCCC(C)NC(=O)CNCc1ccc(S(C)(=O)=O)cc1. The lowest BCUT2D eigenvalue weighted by Crippen LogP contribution is -2.38. The van der Waals surface area contributed by atoms with E-state index in [-0.39, 0.29) is 18.5 Å². The van der Waals surface area contributed by atoms with E-state index >= 15 is 0 Å². The maximum absolute atomic E-state index is 11.7. The van der Waals surface area contributed by atoms with Crippen LogP contribution in [-0.2, 0) is 21.2 Å². The molecular weight excluding hydrogens is 288 g/mol. The van der Waals surface area contributed by atoms with Crippen LogP contribution < -0.4 is 10.6 Å². The summed E-state index contributed by atoms with van der Waals surface area (Å²) in [6.45, 7) is 4.86. The number of nitrogens with one attached hydrogen (secondary N) is 2. The molecule has 0 aliphatic rings. The zero-order valence-electron chi connectivity index (χ0n) is 12.8. The van der Waals surface area contributed by atoms with Crippen LogP contribution in [0.5, 0.6) is 0 Å². The third kappa shape index (κ3) is 6.73. The topological polar surface area (TPSA) is 75.3 Å². The van der Waals surface area contributed by atoms with Gasteiger partial charge in [0.05, 0.1) is 11.4 Å². The van der Waals surface area contributed by atoms with Crippen LogP contribution in [-0.4, -0.2) is 33.2 Å². The Bertz CT molecular complexity index is 553. The second kappa shape index (κ2) is 8.14. The molecule has 1 rings (SSSR count). The van der Waals surface area contributed by atoms with E-state index in [0.717, 1.165) is 18.4 Å². The minimum absolute atomic E-state index is 0.0243. The van der Waals surface area contributed by atoms with Crippen molar-refractivity contribution in [2.75, 3.05) is 12.8 Å². The molecule has 0 aliphatic carbocycles. The van der Waals surface area contributed by atoms with Gasteiger partial charge in [-0.2, -0.15) is 0 Å². The monoisotopic (exact) mass is 312 g/mol. The summed E-state index contributed by atoms with van der Waals surface area (Å²) in [7, 11) is -3.16. The summed E-state index contributed by atoms with van der Waals surface area (Å²) in [6.07, 6.45) is 3.20. The summed E-state index contributed by atoms with van der Waals surface area (Å²) >= 11 is 0. The summed E-state index contributed by atoms with van der Waals surface area (Å²) in [5.41, 5.74) is 0.941. The summed E-state index contributed by atoms with van der Waals surface area (Å²) in [5.74, 6) is -0.0243. The third-order valence-corrected chi connectivity index (χ3v) is 4.22. The molecule has 118 valence electrons. The van der Waals surface area contributed by atoms with Gasteiger partial charge in [-0.15, -0.1) is 0 Å². The molecule has 0 saturated carbocycles. The molecule has 1 aromatic carbocycles. The van der Waals surface area contributed by atoms with Gasteiger partial charge in [-0.05, 0) is 31.0 Å². The Kier molecular flexibility index (Phi) is 6.84. The molecule has 2 N–H and O–H groups in total. The second-order valence-corrected chi connectivity index (χ2v) is 7.29. The van der Waals surface area contributed by atoms with E-state index in [9.17, 15) is 13.2 Å². The number of carbonyl (C=O) groups excluding carboxylic acids is 1. The highest BCUT2D eigenvalue weighted by molar-refractivity contribution is 7.90. The van der Waals surface area contributed by atoms with Crippen molar-refractivity contribution in [3.05, 3.63) is 29.8 Å². The van der Waals surface area contributed by atoms with Crippen molar-refractivity contribution < 1.29 is 13.2 Å². The summed E-state index contributed by atoms with van der Waals surface area (Å²) < 4.78 is 22.7. The van der Waals surface area contributed by atoms with Crippen molar-refractivity contribution in [1.82, 2.24) is 10.6 Å². The Morgan fingerprint density at radius 3 is 2.38 bits per heavy atom. The first-order valence-corrected chi connectivity index (χ1v) is 9.01. The van der Waals surface area contributed by atoms with E-state index < -0.39 is 9.84 Å². The van der Waals surface area contributed by atoms with E-state index in [1.165, 1.54) is 6.26 Å². The zero-order chi connectivity index (χ0) is 15.9. The van der Waals surface area contributed by atoms with Gasteiger partial charge in [0.25, 0.3) is 0 Å². The van der Waals surface area contributed by atoms with Crippen LogP contribution in [0.2, 0.25) is 0 Å². The molecule has 0 aliphatic heterocycles. The van der Waals surface area contributed by atoms with E-state index in [1.54, 1.807) is 24.3 Å². The first kappa shape index (κ1) is 17.7. The fraction of sp³-hybridized carbons (Fsp3) is 0.533. The van der Waals surface area contributed by atoms with Crippen LogP contribution in [0.1, 0.15) is 32.3 Å². The lowest BCUT2D eigenvalue weighted by molar-refractivity contribution is -0.120. The molecule has 1 aromatic rings. The smallest absolute Gasteiger partial charge is 0.234 e. The van der Waals surface area contributed by atoms with Gasteiger partial charge in [0.15, 0.2) is 9.84 Å². The van der Waals surface area contributed by atoms with Crippen LogP contribution in [0.25, 0.3) is 0 Å². The highest BCUT2D eigenvalue weighted by atomic mass is 32.2. The molecule has 0 saturated heterocycles. The Hall–Kier alpha value is -1.40. The number of amides is 1. The number of carbonyl (C=O) groups is 1. The molecule has 21 heavy (non-hydrogen) atoms. The van der Waals surface area contributed by atoms with E-state index in [0.29, 0.717) is 11.4 Å². The van der Waals surface area contributed by atoms with Gasteiger partial charge in [-0.25, -0.2) is 8.42 Å². The Labute approximate surface area is 127 Å². The first-order chi connectivity index (χ1) is 9.82. The molecule has 1 amide bonds. The standard InChI is InChI=1S/C15H24N2O3S/c1-4-5-12(2)17-15(18)11-16-10-13-6-8-14(9-7-13)21(3,19)20/h6-9,12,16H,4-5,10-11H2,1-3H3,(H,17,18). The molecule has 6 heteroatoms. The van der Waals surface area contributed by atoms with Crippen molar-refractivity contribution in [3.8, 4) is 0 Å². The quantitative estimate of drug-likeness (QED) is 0.762. The van der Waals surface area contributed by atoms with Crippen LogP contribution in [0, 0.1) is 0 Å². The highest BCUT2D eigenvalue weighted by Gasteiger charge is 2.07. The molecular formula is C15H24N2O3S. The Morgan fingerprint density at radius 2 is 1.86 bits per heavy atom. The summed E-state index contributed by atoms with van der Waals surface area (Å²) in [5, 5.41) is 5.96. The molecule has 1 unspecified atom stereocenters. The highest BCUT2D eigenvalue weighted by Crippen LogP contribution is 2.09. The fourth-order valence-electron chi connectivity index (χ4n) is 2.01. The van der Waals surface area contributed by atoms with Crippen molar-refractivity contribution in [1.29, 1.82) is 0 Å². The van der Waals surface area contributed by atoms with Gasteiger partial charge in [0.2, 0.25) is 5.91 Å². The lowest BCUT2D eigenvalue weighted by Gasteiger charge is -2.13. The van der Waals surface area contributed by atoms with Gasteiger partial charge in [-0.3, -0.25) is 4.79 Å². The molecule has 0 radical (unpaired) electrons. The van der Waals surface area contributed by atoms with Crippen molar-refractivity contribution in [2.24, 2.45) is 0 Å². The molecule has 0 aromatic heterocycles. The molecule has 0 heterocycles. The number of rotatable bonds is 8. The van der Waals surface area contributed by atoms with E-state index in [1.807, 2.05) is 6.92 Å². The van der Waals surface area contributed by atoms with Gasteiger partial charge in [0.1, 0.15) is 0 Å². The van der Waals surface area contributed by atoms with Crippen molar-refractivity contribution in [3.63, 3.8) is 0 Å². The summed E-state index contributed by atoms with van der Waals surface area (Å²) in [4.78, 5) is 12.0. The third-order valence-electron chi connectivity index (χ3n) is 3.10. The maximum atomic E-state index is 11.7. The number of hydrogen-bond acceptors (Lipinski definition) is 4. The van der Waals surface area contributed by atoms with Gasteiger partial charge in [-0.1, -0.05) is 25.5 Å². The van der Waals surface area contributed by atoms with E-state index in [2.05, 4.69) is 17.6 Å². The first-order valence-electron chi connectivity index (χ1n) is 7.12. The minimum Gasteiger partial charge on any atom is -0.353 e. The van der Waals surface area contributed by atoms with E-state index in [4.69, 9.17) is 0 Å². The second-order valence-electron chi connectivity index (χ2n) is 5.28. The van der Waals surface area contributed by atoms with Crippen LogP contribution in [0.4, 0.5) is 0 Å². The van der Waals surface area contributed by atoms with Crippen molar-refractivity contribution in [2.45, 2.75) is 44.2 Å². The molecule has 0 spiro atoms. The molecule has 5 nitrogen and oxygen atoms in total. The largest absolute Gasteiger partial charge is 0.353 e. The number of sulfone groups is 1. The van der Waals surface area contributed by atoms with Gasteiger partial charge < -0.3 is 10.6 Å². The average molecular weight is 312 g/mol. The van der Waals surface area contributed by atoms with Crippen LogP contribution >= 0.6 is 0 Å². The molecule has 0 fully saturated rings. The van der Waals surface area contributed by atoms with Crippen molar-refractivity contribution >= 4 is 15.7 Å². The number of benzene rings is 1. The zero-order valence-corrected chi connectivity index (χ0v) is 13.7. The van der Waals surface area contributed by atoms with Crippen LogP contribution in [0.3, 0.4) is 0 Å². The molecule has 1 atom stereocenters. The minimum atomic E-state index is -3.16. The predicted octanol–water partition coefficient (Wildman–Crippen LogP) is 1.48.